The van der Waals surface area contributed by atoms with Gasteiger partial charge in [-0.1, -0.05) is 0 Å². The maximum absolute atomic E-state index is 8.63. The Morgan fingerprint density at radius 1 is 0.667 bits per heavy atom. The average Bonchev–Trinajstić information content (AvgIpc) is 1.12. The zero-order valence-electron chi connectivity index (χ0n) is 5.50. The fourth-order valence-corrected chi connectivity index (χ4v) is 0. The number of hydrogen-bond donors (Lipinski definition) is 0. The zero-order valence-corrected chi connectivity index (χ0v) is 19.7. The van der Waals surface area contributed by atoms with Gasteiger partial charge in [0.2, 0.25) is 0 Å². The summed E-state index contributed by atoms with van der Waals surface area (Å²) in [5, 5.41) is 0. The Kier molecular flexibility index (Phi) is 20.0. The van der Waals surface area contributed by atoms with Gasteiger partial charge in [0.15, 0.2) is 0 Å². The average molecular weight is 696 g/mol. The van der Waals surface area contributed by atoms with E-state index in [0.29, 0.717) is 0 Å². The third-order valence-corrected chi connectivity index (χ3v) is 0. The molecule has 0 rings (SSSR count). The molecule has 0 bridgehead atoms. The van der Waals surface area contributed by atoms with Gasteiger partial charge in [-0.25, -0.2) is 0 Å². The molecule has 8 nitrogen and oxygen atoms in total. The van der Waals surface area contributed by atoms with Gasteiger partial charge in [0.25, 0.3) is 0 Å². The number of hydrogen-bond acceptors (Lipinski definition) is 8. The Bertz CT molecular complexity index is 213. The summed E-state index contributed by atoms with van der Waals surface area (Å²) >= 11 is -12.0. The second kappa shape index (κ2) is 10.0. The molecule has 0 aromatic carbocycles. The Hall–Kier alpha value is 2.48. The molecule has 0 saturated carbocycles. The third-order valence-electron chi connectivity index (χ3n) is 0. The second-order valence-electron chi connectivity index (χ2n) is 0.816. The van der Waals surface area contributed by atoms with Gasteiger partial charge in [0, 0.05) is 0 Å². The van der Waals surface area contributed by atoms with E-state index in [2.05, 4.69) is 0 Å². The van der Waals surface area contributed by atoms with Crippen molar-refractivity contribution in [1.29, 1.82) is 0 Å². The maximum Gasteiger partial charge on any atom is 2.00 e. The smallest absolute Gasteiger partial charge is 2.00 e. The molecule has 0 aromatic heterocycles. The Morgan fingerprint density at radius 3 is 0.667 bits per heavy atom. The molecule has 0 saturated heterocycles. The third kappa shape index (κ3) is 268. The first-order valence-corrected chi connectivity index (χ1v) is 8.94. The topological polar surface area (TPSA) is 161 Å². The van der Waals surface area contributed by atoms with Gasteiger partial charge in [-0.05, 0) is 0 Å². The Labute approximate surface area is 117 Å². The van der Waals surface area contributed by atoms with Crippen LogP contribution in [0, 0.1) is 0 Å². The standard InChI is InChI=1S/Cd.Hg.2H2O4Te/c;;2*1-5(2,3)4/h;;2*(H2,1,2,3,4)/q2*+2;;/p-4. The first-order chi connectivity index (χ1) is 4.00. The van der Waals surface area contributed by atoms with Crippen molar-refractivity contribution >= 4 is 37.9 Å². The molecule has 0 radical (unpaired) electrons. The number of rotatable bonds is 0. The summed E-state index contributed by atoms with van der Waals surface area (Å²) in [6.45, 7) is 0. The second-order valence-corrected chi connectivity index (χ2v) is 5.48. The molecule has 64 valence electrons. The predicted molar refractivity (Wildman–Crippen MR) is 14.3 cm³/mol. The van der Waals surface area contributed by atoms with E-state index in [9.17, 15) is 0 Å². The van der Waals surface area contributed by atoms with Crippen molar-refractivity contribution < 1.29 is 81.3 Å². The summed E-state index contributed by atoms with van der Waals surface area (Å²) in [6.07, 6.45) is 0. The molecule has 12 heteroatoms. The van der Waals surface area contributed by atoms with Gasteiger partial charge in [-0.3, -0.25) is 0 Å². The molecule has 0 unspecified atom stereocenters. The normalized spacial score (nSPS) is 9.67. The van der Waals surface area contributed by atoms with E-state index >= 15 is 0 Å². The molecular formula is CdHgO8Te2. The van der Waals surface area contributed by atoms with Crippen molar-refractivity contribution in [2.24, 2.45) is 0 Å². The van der Waals surface area contributed by atoms with Crippen molar-refractivity contribution in [3.05, 3.63) is 0 Å². The van der Waals surface area contributed by atoms with Crippen LogP contribution in [0.4, 0.5) is 0 Å². The van der Waals surface area contributed by atoms with Crippen LogP contribution in [-0.4, -0.2) is 37.9 Å². The van der Waals surface area contributed by atoms with E-state index in [4.69, 9.17) is 26.3 Å². The molecule has 0 aliphatic carbocycles. The van der Waals surface area contributed by atoms with E-state index in [1.165, 1.54) is 0 Å². The first-order valence-electron chi connectivity index (χ1n) is 1.33. The van der Waals surface area contributed by atoms with Gasteiger partial charge >= 0.3 is 119 Å². The van der Waals surface area contributed by atoms with Crippen molar-refractivity contribution in [1.82, 2.24) is 0 Å². The molecule has 0 aliphatic heterocycles. The minimum Gasteiger partial charge on any atom is 2.00 e. The summed E-state index contributed by atoms with van der Waals surface area (Å²) in [4.78, 5) is 0. The Balaban J connectivity index is -0.0000000457. The fourth-order valence-electron chi connectivity index (χ4n) is 0. The van der Waals surface area contributed by atoms with Crippen LogP contribution in [0.1, 0.15) is 0 Å². The quantitative estimate of drug-likeness (QED) is 0.227. The molecule has 0 aliphatic rings. The molecule has 0 fully saturated rings. The van der Waals surface area contributed by atoms with Gasteiger partial charge in [-0.2, -0.15) is 0 Å². The van der Waals surface area contributed by atoms with Gasteiger partial charge in [0.1, 0.15) is 0 Å². The van der Waals surface area contributed by atoms with Crippen molar-refractivity contribution in [2.75, 3.05) is 0 Å². The molecule has 0 spiro atoms. The van der Waals surface area contributed by atoms with Crippen LogP contribution in [0.15, 0.2) is 0 Å². The van der Waals surface area contributed by atoms with Crippen LogP contribution in [0.5, 0.6) is 0 Å². The minimum absolute atomic E-state index is 0. The van der Waals surface area contributed by atoms with E-state index in [1.807, 2.05) is 0 Å². The molecule has 0 amide bonds. The fraction of sp³-hybridized carbons (Fsp3) is 0. The van der Waals surface area contributed by atoms with Crippen LogP contribution < -0.4 is 13.9 Å². The van der Waals surface area contributed by atoms with E-state index < -0.39 is 37.9 Å². The van der Waals surface area contributed by atoms with Crippen molar-refractivity contribution in [3.8, 4) is 0 Å². The first kappa shape index (κ1) is 24.0. The van der Waals surface area contributed by atoms with Gasteiger partial charge < -0.3 is 0 Å². The Morgan fingerprint density at radius 2 is 0.667 bits per heavy atom. The largest absolute Gasteiger partial charge is 2.00 e. The minimum atomic E-state index is -6.02. The van der Waals surface area contributed by atoms with E-state index in [-0.39, 0.29) is 55.0 Å². The molecule has 12 heavy (non-hydrogen) atoms. The summed E-state index contributed by atoms with van der Waals surface area (Å²) in [7, 11) is 0. The van der Waals surface area contributed by atoms with Gasteiger partial charge in [0.05, 0.1) is 0 Å². The zero-order chi connectivity index (χ0) is 9.00. The van der Waals surface area contributed by atoms with Crippen LogP contribution in [0.3, 0.4) is 0 Å². The molecular weight excluding hydrogens is 696 g/mol. The summed E-state index contributed by atoms with van der Waals surface area (Å²) < 4.78 is 69.0. The predicted octanol–water partition coefficient (Wildman–Crippen LogP) is -6.00. The van der Waals surface area contributed by atoms with Crippen LogP contribution >= 0.6 is 0 Å². The monoisotopic (exact) mass is 704 g/mol. The van der Waals surface area contributed by atoms with Crippen LogP contribution in [0.25, 0.3) is 0 Å². The molecule has 0 N–H and O–H groups in total. The summed E-state index contributed by atoms with van der Waals surface area (Å²) in [5.41, 5.74) is 0. The molecule has 0 heterocycles. The van der Waals surface area contributed by atoms with E-state index in [0.717, 1.165) is 0 Å². The maximum atomic E-state index is 8.63. The van der Waals surface area contributed by atoms with E-state index in [1.54, 1.807) is 0 Å². The van der Waals surface area contributed by atoms with Crippen LogP contribution in [-0.2, 0) is 67.4 Å². The van der Waals surface area contributed by atoms with Gasteiger partial charge in [-0.15, -0.1) is 0 Å². The molecule has 0 atom stereocenters. The van der Waals surface area contributed by atoms with Crippen LogP contribution in [0.2, 0.25) is 0 Å². The SMILES string of the molecule is O=[Te](=O)([O-])[O-].O=[Te](=O)([O-])[O-].[Cd+2].[Hg+2]. The summed E-state index contributed by atoms with van der Waals surface area (Å²) in [5.74, 6) is 0. The van der Waals surface area contributed by atoms with Crippen molar-refractivity contribution in [3.63, 3.8) is 0 Å². The summed E-state index contributed by atoms with van der Waals surface area (Å²) in [6, 6.07) is 0. The van der Waals surface area contributed by atoms with Crippen molar-refractivity contribution in [2.45, 2.75) is 0 Å². The molecule has 0 aromatic rings.